The van der Waals surface area contributed by atoms with Crippen molar-refractivity contribution in [3.05, 3.63) is 0 Å². The van der Waals surface area contributed by atoms with Crippen LogP contribution in [0, 0.1) is 11.8 Å². The molecule has 0 heterocycles. The Labute approximate surface area is 73.2 Å². The van der Waals surface area contributed by atoms with Crippen molar-refractivity contribution >= 4 is 5.97 Å². The number of likely N-dealkylation sites (N-methyl/N-ethyl adjacent to an activating group) is 1. The number of carboxylic acid groups (broad SMARTS) is 1. The predicted molar refractivity (Wildman–Crippen MR) is 47.0 cm³/mol. The van der Waals surface area contributed by atoms with E-state index in [4.69, 9.17) is 5.11 Å². The van der Waals surface area contributed by atoms with Gasteiger partial charge < -0.3 is 10.4 Å². The third kappa shape index (κ3) is 1.46. The lowest BCUT2D eigenvalue weighted by atomic mass is 10.0. The van der Waals surface area contributed by atoms with Crippen LogP contribution in [0.3, 0.4) is 0 Å². The highest BCUT2D eigenvalue weighted by molar-refractivity contribution is 5.83. The van der Waals surface area contributed by atoms with Gasteiger partial charge in [0.05, 0.1) is 0 Å². The average molecular weight is 171 g/mol. The standard InChI is InChI=1S/C9H17NO2/c1-6(2)4-7-5-9(7,10-3)8(11)12/h6-7,10H,4-5H2,1-3H3,(H,11,12). The van der Waals surface area contributed by atoms with Gasteiger partial charge in [-0.25, -0.2) is 0 Å². The smallest absolute Gasteiger partial charge is 0.324 e. The third-order valence-electron chi connectivity index (χ3n) is 2.69. The minimum atomic E-state index is -0.698. The van der Waals surface area contributed by atoms with Crippen molar-refractivity contribution in [2.24, 2.45) is 11.8 Å². The monoisotopic (exact) mass is 171 g/mol. The molecule has 1 fully saturated rings. The van der Waals surface area contributed by atoms with Crippen molar-refractivity contribution in [3.63, 3.8) is 0 Å². The van der Waals surface area contributed by atoms with Crippen LogP contribution in [0.25, 0.3) is 0 Å². The lowest BCUT2D eigenvalue weighted by Gasteiger charge is -2.11. The van der Waals surface area contributed by atoms with Crippen molar-refractivity contribution in [1.82, 2.24) is 5.32 Å². The Hall–Kier alpha value is -0.570. The van der Waals surface area contributed by atoms with Crippen LogP contribution < -0.4 is 5.32 Å². The summed E-state index contributed by atoms with van der Waals surface area (Å²) in [6.07, 6.45) is 1.80. The van der Waals surface area contributed by atoms with Crippen LogP contribution in [-0.4, -0.2) is 23.7 Å². The molecule has 2 atom stereocenters. The average Bonchev–Trinajstić information content (AvgIpc) is 2.62. The van der Waals surface area contributed by atoms with E-state index in [1.807, 2.05) is 0 Å². The van der Waals surface area contributed by atoms with E-state index < -0.39 is 11.5 Å². The van der Waals surface area contributed by atoms with Crippen molar-refractivity contribution in [3.8, 4) is 0 Å². The molecule has 1 rings (SSSR count). The summed E-state index contributed by atoms with van der Waals surface area (Å²) < 4.78 is 0. The molecule has 0 aromatic rings. The van der Waals surface area contributed by atoms with Crippen molar-refractivity contribution in [1.29, 1.82) is 0 Å². The molecule has 3 nitrogen and oxygen atoms in total. The third-order valence-corrected chi connectivity index (χ3v) is 2.69. The van der Waals surface area contributed by atoms with Gasteiger partial charge in [0.2, 0.25) is 0 Å². The topological polar surface area (TPSA) is 49.3 Å². The van der Waals surface area contributed by atoms with Crippen LogP contribution in [0.15, 0.2) is 0 Å². The van der Waals surface area contributed by atoms with E-state index in [0.717, 1.165) is 12.8 Å². The number of rotatable bonds is 4. The number of carbonyl (C=O) groups is 1. The SMILES string of the molecule is CNC1(C(=O)O)CC1CC(C)C. The summed E-state index contributed by atoms with van der Waals surface area (Å²) in [4.78, 5) is 10.8. The summed E-state index contributed by atoms with van der Waals surface area (Å²) in [7, 11) is 1.73. The number of nitrogens with one attached hydrogen (secondary N) is 1. The summed E-state index contributed by atoms with van der Waals surface area (Å²) in [5.74, 6) is 0.222. The summed E-state index contributed by atoms with van der Waals surface area (Å²) >= 11 is 0. The molecule has 12 heavy (non-hydrogen) atoms. The number of hydrogen-bond acceptors (Lipinski definition) is 2. The molecule has 2 N–H and O–H groups in total. The van der Waals surface area contributed by atoms with Gasteiger partial charge in [-0.3, -0.25) is 4.79 Å². The van der Waals surface area contributed by atoms with E-state index in [9.17, 15) is 4.79 Å². The largest absolute Gasteiger partial charge is 0.480 e. The molecular weight excluding hydrogens is 154 g/mol. The molecule has 3 heteroatoms. The summed E-state index contributed by atoms with van der Waals surface area (Å²) in [6.45, 7) is 4.25. The Balaban J connectivity index is 2.50. The number of hydrogen-bond donors (Lipinski definition) is 2. The van der Waals surface area contributed by atoms with E-state index in [1.165, 1.54) is 0 Å². The van der Waals surface area contributed by atoms with Gasteiger partial charge in [0, 0.05) is 0 Å². The number of aliphatic carboxylic acids is 1. The van der Waals surface area contributed by atoms with E-state index in [-0.39, 0.29) is 0 Å². The second-order valence-electron chi connectivity index (χ2n) is 4.06. The first-order chi connectivity index (χ1) is 5.53. The molecular formula is C9H17NO2. The Morgan fingerprint density at radius 3 is 2.58 bits per heavy atom. The van der Waals surface area contributed by atoms with Gasteiger partial charge >= 0.3 is 5.97 Å². The molecule has 0 aliphatic heterocycles. The first-order valence-electron chi connectivity index (χ1n) is 4.45. The van der Waals surface area contributed by atoms with Gasteiger partial charge in [-0.15, -0.1) is 0 Å². The molecule has 0 aromatic heterocycles. The molecule has 0 radical (unpaired) electrons. The van der Waals surface area contributed by atoms with Crippen LogP contribution in [0.4, 0.5) is 0 Å². The molecule has 1 saturated carbocycles. The molecule has 1 aliphatic rings. The predicted octanol–water partition coefficient (Wildman–Crippen LogP) is 1.10. The molecule has 0 aromatic carbocycles. The Morgan fingerprint density at radius 1 is 1.75 bits per heavy atom. The molecule has 2 unspecified atom stereocenters. The highest BCUT2D eigenvalue weighted by Crippen LogP contribution is 2.47. The van der Waals surface area contributed by atoms with Crippen LogP contribution in [-0.2, 0) is 4.79 Å². The first kappa shape index (κ1) is 9.52. The van der Waals surface area contributed by atoms with E-state index in [2.05, 4.69) is 19.2 Å². The molecule has 70 valence electrons. The lowest BCUT2D eigenvalue weighted by Crippen LogP contribution is -2.38. The summed E-state index contributed by atoms with van der Waals surface area (Å²) in [5.41, 5.74) is -0.593. The quantitative estimate of drug-likeness (QED) is 0.665. The van der Waals surface area contributed by atoms with Gasteiger partial charge in [-0.2, -0.15) is 0 Å². The van der Waals surface area contributed by atoms with Crippen LogP contribution in [0.2, 0.25) is 0 Å². The minimum absolute atomic E-state index is 0.333. The molecule has 0 saturated heterocycles. The Kier molecular flexibility index (Phi) is 2.42. The van der Waals surface area contributed by atoms with Gasteiger partial charge in [-0.05, 0) is 31.7 Å². The normalized spacial score (nSPS) is 33.8. The van der Waals surface area contributed by atoms with Gasteiger partial charge in [0.15, 0.2) is 0 Å². The fourth-order valence-corrected chi connectivity index (χ4v) is 1.86. The van der Waals surface area contributed by atoms with Crippen LogP contribution in [0.5, 0.6) is 0 Å². The fourth-order valence-electron chi connectivity index (χ4n) is 1.86. The van der Waals surface area contributed by atoms with Crippen LogP contribution >= 0.6 is 0 Å². The van der Waals surface area contributed by atoms with Crippen molar-refractivity contribution < 1.29 is 9.90 Å². The zero-order chi connectivity index (χ0) is 9.35. The van der Waals surface area contributed by atoms with Gasteiger partial charge in [0.1, 0.15) is 5.54 Å². The Bertz CT molecular complexity index is 191. The number of carboxylic acids is 1. The highest BCUT2D eigenvalue weighted by Gasteiger charge is 2.59. The molecule has 0 spiro atoms. The van der Waals surface area contributed by atoms with Crippen LogP contribution in [0.1, 0.15) is 26.7 Å². The maximum atomic E-state index is 10.8. The lowest BCUT2D eigenvalue weighted by molar-refractivity contribution is -0.141. The zero-order valence-electron chi connectivity index (χ0n) is 7.92. The molecule has 0 bridgehead atoms. The zero-order valence-corrected chi connectivity index (χ0v) is 7.92. The van der Waals surface area contributed by atoms with Gasteiger partial charge in [-0.1, -0.05) is 13.8 Å². The van der Waals surface area contributed by atoms with Crippen molar-refractivity contribution in [2.45, 2.75) is 32.2 Å². The Morgan fingerprint density at radius 2 is 2.33 bits per heavy atom. The minimum Gasteiger partial charge on any atom is -0.480 e. The van der Waals surface area contributed by atoms with E-state index >= 15 is 0 Å². The fraction of sp³-hybridized carbons (Fsp3) is 0.889. The maximum absolute atomic E-state index is 10.8. The highest BCUT2D eigenvalue weighted by atomic mass is 16.4. The molecule has 0 amide bonds. The maximum Gasteiger partial charge on any atom is 0.324 e. The summed E-state index contributed by atoms with van der Waals surface area (Å²) in [6, 6.07) is 0. The second-order valence-corrected chi connectivity index (χ2v) is 4.06. The van der Waals surface area contributed by atoms with E-state index in [0.29, 0.717) is 11.8 Å². The first-order valence-corrected chi connectivity index (χ1v) is 4.45. The molecule has 1 aliphatic carbocycles. The van der Waals surface area contributed by atoms with Gasteiger partial charge in [0.25, 0.3) is 0 Å². The second kappa shape index (κ2) is 3.05. The van der Waals surface area contributed by atoms with Crippen molar-refractivity contribution in [2.75, 3.05) is 7.05 Å². The van der Waals surface area contributed by atoms with E-state index in [1.54, 1.807) is 7.05 Å². The summed E-state index contributed by atoms with van der Waals surface area (Å²) in [5, 5.41) is 11.8.